The van der Waals surface area contributed by atoms with Gasteiger partial charge in [-0.1, -0.05) is 0 Å². The predicted octanol–water partition coefficient (Wildman–Crippen LogP) is 3.68. The van der Waals surface area contributed by atoms with Gasteiger partial charge in [-0.3, -0.25) is 9.59 Å². The molecule has 1 aromatic carbocycles. The van der Waals surface area contributed by atoms with Crippen LogP contribution < -0.4 is 0 Å². The molecular weight excluding hydrogens is 410 g/mol. The molecule has 1 aromatic rings. The van der Waals surface area contributed by atoms with Gasteiger partial charge in [0, 0.05) is 19.0 Å². The first kappa shape index (κ1) is 24.6. The van der Waals surface area contributed by atoms with Crippen LogP contribution in [0.25, 0.3) is 0 Å². The molecule has 0 radical (unpaired) electrons. The Morgan fingerprint density at radius 2 is 1.84 bits per heavy atom. The molecule has 0 saturated heterocycles. The van der Waals surface area contributed by atoms with E-state index in [1.165, 1.54) is 11.8 Å². The van der Waals surface area contributed by atoms with Gasteiger partial charge in [0.2, 0.25) is 5.91 Å². The number of ether oxygens (including phenoxy) is 1. The molecule has 1 N–H and O–H groups in total. The van der Waals surface area contributed by atoms with Gasteiger partial charge < -0.3 is 19.6 Å². The third-order valence-electron chi connectivity index (χ3n) is 5.32. The molecular formula is C22H30F2N2O5. The lowest BCUT2D eigenvalue weighted by molar-refractivity contribution is -0.149. The van der Waals surface area contributed by atoms with E-state index in [1.54, 1.807) is 34.6 Å². The van der Waals surface area contributed by atoms with Gasteiger partial charge in [0.25, 0.3) is 0 Å². The molecule has 0 aliphatic heterocycles. The number of aliphatic carboxylic acids is 1. The van der Waals surface area contributed by atoms with Crippen molar-refractivity contribution in [2.75, 3.05) is 13.1 Å². The smallest absolute Gasteiger partial charge is 0.410 e. The summed E-state index contributed by atoms with van der Waals surface area (Å²) in [6.07, 6.45) is -0.349. The zero-order valence-electron chi connectivity index (χ0n) is 18.8. The maximum absolute atomic E-state index is 14.5. The Kier molecular flexibility index (Phi) is 6.97. The fraction of sp³-hybridized carbons (Fsp3) is 0.591. The van der Waals surface area contributed by atoms with Crippen LogP contribution in [0.15, 0.2) is 12.1 Å². The minimum absolute atomic E-state index is 0.140. The molecule has 0 fully saturated rings. The molecule has 1 unspecified atom stereocenters. The van der Waals surface area contributed by atoms with E-state index in [-0.39, 0.29) is 36.6 Å². The van der Waals surface area contributed by atoms with E-state index in [9.17, 15) is 28.3 Å². The predicted molar refractivity (Wildman–Crippen MR) is 109 cm³/mol. The largest absolute Gasteiger partial charge is 0.480 e. The fourth-order valence-corrected chi connectivity index (χ4v) is 4.03. The number of carbonyl (C=O) groups is 3. The second-order valence-electron chi connectivity index (χ2n) is 9.15. The molecule has 2 rings (SSSR count). The van der Waals surface area contributed by atoms with Crippen molar-refractivity contribution >= 4 is 18.0 Å². The van der Waals surface area contributed by atoms with Crippen LogP contribution >= 0.6 is 0 Å². The number of amides is 2. The number of carbonyl (C=O) groups excluding carboxylic acids is 2. The maximum atomic E-state index is 14.5. The third kappa shape index (κ3) is 5.32. The van der Waals surface area contributed by atoms with Crippen molar-refractivity contribution in [3.8, 4) is 0 Å². The van der Waals surface area contributed by atoms with Crippen molar-refractivity contribution in [3.63, 3.8) is 0 Å². The average Bonchev–Trinajstić information content (AvgIpc) is 2.94. The summed E-state index contributed by atoms with van der Waals surface area (Å²) in [4.78, 5) is 39.5. The van der Waals surface area contributed by atoms with Crippen molar-refractivity contribution in [1.29, 1.82) is 0 Å². The van der Waals surface area contributed by atoms with Crippen molar-refractivity contribution in [2.45, 2.75) is 71.6 Å². The highest BCUT2D eigenvalue weighted by atomic mass is 19.1. The zero-order chi connectivity index (χ0) is 23.7. The van der Waals surface area contributed by atoms with E-state index in [0.717, 1.165) is 17.0 Å². The quantitative estimate of drug-likeness (QED) is 0.729. The lowest BCUT2D eigenvalue weighted by Crippen LogP contribution is -2.58. The first-order valence-electron chi connectivity index (χ1n) is 10.2. The van der Waals surface area contributed by atoms with Crippen LogP contribution in [0.4, 0.5) is 13.6 Å². The average molecular weight is 440 g/mol. The first-order chi connectivity index (χ1) is 14.2. The van der Waals surface area contributed by atoms with Gasteiger partial charge in [-0.25, -0.2) is 13.6 Å². The maximum Gasteiger partial charge on any atom is 0.410 e. The van der Waals surface area contributed by atoms with Crippen LogP contribution in [0.5, 0.6) is 0 Å². The molecule has 2 amide bonds. The summed E-state index contributed by atoms with van der Waals surface area (Å²) in [5.41, 5.74) is -1.81. The van der Waals surface area contributed by atoms with Gasteiger partial charge in [-0.15, -0.1) is 0 Å². The minimum atomic E-state index is -1.41. The minimum Gasteiger partial charge on any atom is -0.480 e. The Morgan fingerprint density at radius 3 is 2.32 bits per heavy atom. The Morgan fingerprint density at radius 1 is 1.23 bits per heavy atom. The molecule has 1 aliphatic carbocycles. The van der Waals surface area contributed by atoms with Crippen molar-refractivity contribution in [3.05, 3.63) is 34.9 Å². The highest BCUT2D eigenvalue weighted by Gasteiger charge is 2.49. The number of rotatable bonds is 6. The van der Waals surface area contributed by atoms with Gasteiger partial charge in [-0.2, -0.15) is 0 Å². The van der Waals surface area contributed by atoms with Crippen LogP contribution in [-0.2, 0) is 26.3 Å². The van der Waals surface area contributed by atoms with Gasteiger partial charge >= 0.3 is 12.1 Å². The second-order valence-corrected chi connectivity index (χ2v) is 9.15. The summed E-state index contributed by atoms with van der Waals surface area (Å²) in [6.45, 7) is 8.98. The van der Waals surface area contributed by atoms with Crippen LogP contribution in [0.3, 0.4) is 0 Å². The highest BCUT2D eigenvalue weighted by Crippen LogP contribution is 2.44. The molecule has 31 heavy (non-hydrogen) atoms. The monoisotopic (exact) mass is 440 g/mol. The van der Waals surface area contributed by atoms with Gasteiger partial charge in [0.15, 0.2) is 0 Å². The number of nitrogens with zero attached hydrogens (tertiary/aromatic N) is 2. The van der Waals surface area contributed by atoms with Crippen molar-refractivity contribution in [2.24, 2.45) is 0 Å². The number of hydrogen-bond donors (Lipinski definition) is 1. The van der Waals surface area contributed by atoms with Crippen LogP contribution in [0.2, 0.25) is 0 Å². The molecule has 0 saturated carbocycles. The Labute approximate surface area is 181 Å². The summed E-state index contributed by atoms with van der Waals surface area (Å²) in [5.74, 6) is -3.44. The standard InChI is InChI=1S/C22H30F2N2O5/c1-13(2)25(20(30)31-21(4,5)6)12-22(26(14(3)27)11-19(28)29)8-7-16-17(22)9-15(23)10-18(16)24/h9-10,13H,7-8,11-12H2,1-6H3,(H,28,29). The SMILES string of the molecule is CC(=O)N(CC(=O)O)C1(CN(C(=O)OC(C)(C)C)C(C)C)CCc2c(F)cc(F)cc21. The lowest BCUT2D eigenvalue weighted by atomic mass is 9.87. The zero-order valence-corrected chi connectivity index (χ0v) is 18.8. The molecule has 1 atom stereocenters. The van der Waals surface area contributed by atoms with Gasteiger partial charge in [0.1, 0.15) is 23.8 Å². The van der Waals surface area contributed by atoms with E-state index >= 15 is 0 Å². The Bertz CT molecular complexity index is 881. The molecule has 0 bridgehead atoms. The fourth-order valence-electron chi connectivity index (χ4n) is 4.03. The number of carboxylic acids is 1. The molecule has 0 heterocycles. The Hall–Kier alpha value is -2.71. The van der Waals surface area contributed by atoms with E-state index < -0.39 is 47.3 Å². The second kappa shape index (κ2) is 8.80. The molecule has 1 aliphatic rings. The van der Waals surface area contributed by atoms with Gasteiger partial charge in [-0.05, 0) is 64.7 Å². The van der Waals surface area contributed by atoms with Crippen molar-refractivity contribution < 1.29 is 33.0 Å². The van der Waals surface area contributed by atoms with E-state index in [0.29, 0.717) is 0 Å². The number of halogens is 2. The number of carboxylic acid groups (broad SMARTS) is 1. The summed E-state index contributed by atoms with van der Waals surface area (Å²) in [7, 11) is 0. The van der Waals surface area contributed by atoms with Crippen LogP contribution in [0.1, 0.15) is 59.1 Å². The number of hydrogen-bond acceptors (Lipinski definition) is 4. The van der Waals surface area contributed by atoms with E-state index in [4.69, 9.17) is 4.74 Å². The Balaban J connectivity index is 2.66. The summed E-state index contributed by atoms with van der Waals surface area (Å²) >= 11 is 0. The molecule has 172 valence electrons. The molecule has 0 aromatic heterocycles. The van der Waals surface area contributed by atoms with E-state index in [1.807, 2.05) is 0 Å². The van der Waals surface area contributed by atoms with Crippen LogP contribution in [0, 0.1) is 11.6 Å². The molecule has 7 nitrogen and oxygen atoms in total. The summed E-state index contributed by atoms with van der Waals surface area (Å²) in [5, 5.41) is 9.42. The lowest BCUT2D eigenvalue weighted by Gasteiger charge is -2.45. The van der Waals surface area contributed by atoms with Crippen molar-refractivity contribution in [1.82, 2.24) is 9.80 Å². The topological polar surface area (TPSA) is 87.2 Å². The molecule has 9 heteroatoms. The summed E-state index contributed by atoms with van der Waals surface area (Å²) in [6, 6.07) is 1.50. The highest BCUT2D eigenvalue weighted by molar-refractivity contribution is 5.81. The molecule has 0 spiro atoms. The summed E-state index contributed by atoms with van der Waals surface area (Å²) < 4.78 is 34.2. The van der Waals surface area contributed by atoms with E-state index in [2.05, 4.69) is 0 Å². The number of fused-ring (bicyclic) bond motifs is 1. The first-order valence-corrected chi connectivity index (χ1v) is 10.2. The third-order valence-corrected chi connectivity index (χ3v) is 5.32. The normalized spacial score (nSPS) is 18.0. The van der Waals surface area contributed by atoms with Gasteiger partial charge in [0.05, 0.1) is 12.1 Å². The van der Waals surface area contributed by atoms with Crippen LogP contribution in [-0.4, -0.2) is 57.6 Å². The number of benzene rings is 1.